The summed E-state index contributed by atoms with van der Waals surface area (Å²) in [6.45, 7) is 1.82. The van der Waals surface area contributed by atoms with Crippen molar-refractivity contribution in [3.8, 4) is 0 Å². The van der Waals surface area contributed by atoms with Gasteiger partial charge in [0.1, 0.15) is 0 Å². The lowest BCUT2D eigenvalue weighted by atomic mass is 9.85. The number of carbonyl (C=O) groups excluding carboxylic acids is 1. The van der Waals surface area contributed by atoms with Crippen LogP contribution in [-0.4, -0.2) is 16.7 Å². The first kappa shape index (κ1) is 17.1. The van der Waals surface area contributed by atoms with Crippen molar-refractivity contribution in [3.63, 3.8) is 0 Å². The molecule has 25 heavy (non-hydrogen) atoms. The van der Waals surface area contributed by atoms with Gasteiger partial charge >= 0.3 is 0 Å². The van der Waals surface area contributed by atoms with Gasteiger partial charge in [0.25, 0.3) is 5.91 Å². The molecule has 2 aromatic carbocycles. The zero-order chi connectivity index (χ0) is 17.7. The van der Waals surface area contributed by atoms with Gasteiger partial charge < -0.3 is 5.11 Å². The number of aliphatic hydroxyl groups is 1. The summed E-state index contributed by atoms with van der Waals surface area (Å²) in [6, 6.07) is 21.6. The van der Waals surface area contributed by atoms with Crippen LogP contribution in [-0.2, 0) is 10.4 Å². The van der Waals surface area contributed by atoms with Gasteiger partial charge in [0, 0.05) is 4.88 Å². The lowest BCUT2D eigenvalue weighted by Crippen LogP contribution is -2.43. The molecule has 1 aromatic heterocycles. The van der Waals surface area contributed by atoms with E-state index in [0.29, 0.717) is 16.8 Å². The molecule has 2 N–H and O–H groups in total. The molecule has 3 aromatic rings. The van der Waals surface area contributed by atoms with Crippen molar-refractivity contribution in [2.45, 2.75) is 12.5 Å². The smallest absolute Gasteiger partial charge is 0.281 e. The van der Waals surface area contributed by atoms with E-state index in [0.717, 1.165) is 4.88 Å². The van der Waals surface area contributed by atoms with E-state index in [1.807, 2.05) is 36.6 Å². The highest BCUT2D eigenvalue weighted by Gasteiger charge is 2.39. The first-order valence-corrected chi connectivity index (χ1v) is 8.72. The minimum atomic E-state index is -1.82. The van der Waals surface area contributed by atoms with Crippen LogP contribution in [0.2, 0.25) is 0 Å². The van der Waals surface area contributed by atoms with E-state index in [1.54, 1.807) is 48.5 Å². The topological polar surface area (TPSA) is 61.7 Å². The number of benzene rings is 2. The van der Waals surface area contributed by atoms with Crippen LogP contribution in [0.15, 0.2) is 83.3 Å². The minimum absolute atomic E-state index is 0.489. The van der Waals surface area contributed by atoms with E-state index >= 15 is 0 Å². The highest BCUT2D eigenvalue weighted by atomic mass is 32.1. The standard InChI is InChI=1S/C20H18N2O2S/c1-15(18-13-8-14-25-18)21-22-19(23)20(24,16-9-4-2-5-10-16)17-11-6-3-7-12-17/h2-14,24H,1H3,(H,22,23)/b21-15+. The van der Waals surface area contributed by atoms with Crippen molar-refractivity contribution >= 4 is 23.0 Å². The second-order valence-corrected chi connectivity index (χ2v) is 6.51. The normalized spacial score (nSPS) is 12.0. The zero-order valence-corrected chi connectivity index (χ0v) is 14.5. The van der Waals surface area contributed by atoms with Gasteiger partial charge in [0.2, 0.25) is 0 Å². The van der Waals surface area contributed by atoms with Gasteiger partial charge in [0.15, 0.2) is 5.60 Å². The second-order valence-electron chi connectivity index (χ2n) is 5.56. The molecule has 0 aliphatic heterocycles. The van der Waals surface area contributed by atoms with Crippen LogP contribution < -0.4 is 5.43 Å². The van der Waals surface area contributed by atoms with Crippen LogP contribution in [0.25, 0.3) is 0 Å². The third-order valence-electron chi connectivity index (χ3n) is 3.91. The predicted octanol–water partition coefficient (Wildman–Crippen LogP) is 3.52. The number of amides is 1. The van der Waals surface area contributed by atoms with E-state index in [9.17, 15) is 9.90 Å². The fourth-order valence-electron chi connectivity index (χ4n) is 2.54. The fraction of sp³-hybridized carbons (Fsp3) is 0.100. The number of hydrogen-bond donors (Lipinski definition) is 2. The summed E-state index contributed by atoms with van der Waals surface area (Å²) in [7, 11) is 0. The number of hydrazone groups is 1. The number of nitrogens with zero attached hydrogens (tertiary/aromatic N) is 1. The van der Waals surface area contributed by atoms with Crippen LogP contribution in [0.1, 0.15) is 22.9 Å². The Balaban J connectivity index is 1.95. The molecule has 4 nitrogen and oxygen atoms in total. The number of nitrogens with one attached hydrogen (secondary N) is 1. The molecular formula is C20H18N2O2S. The second kappa shape index (κ2) is 7.42. The molecule has 0 aliphatic carbocycles. The van der Waals surface area contributed by atoms with E-state index in [1.165, 1.54) is 11.3 Å². The summed E-state index contributed by atoms with van der Waals surface area (Å²) in [5.41, 5.74) is 2.36. The Morgan fingerprint density at radius 2 is 1.52 bits per heavy atom. The summed E-state index contributed by atoms with van der Waals surface area (Å²) >= 11 is 1.54. The van der Waals surface area contributed by atoms with Crippen molar-refractivity contribution < 1.29 is 9.90 Å². The number of rotatable bonds is 5. The van der Waals surface area contributed by atoms with Crippen LogP contribution in [0.5, 0.6) is 0 Å². The molecule has 5 heteroatoms. The molecule has 126 valence electrons. The van der Waals surface area contributed by atoms with Gasteiger partial charge in [-0.25, -0.2) is 5.43 Å². The van der Waals surface area contributed by atoms with Gasteiger partial charge in [-0.15, -0.1) is 11.3 Å². The van der Waals surface area contributed by atoms with Crippen LogP contribution >= 0.6 is 11.3 Å². The summed E-state index contributed by atoms with van der Waals surface area (Å²) < 4.78 is 0. The number of carbonyl (C=O) groups is 1. The van der Waals surface area contributed by atoms with Crippen molar-refractivity contribution in [1.29, 1.82) is 0 Å². The fourth-order valence-corrected chi connectivity index (χ4v) is 3.22. The highest BCUT2D eigenvalue weighted by Crippen LogP contribution is 2.29. The van der Waals surface area contributed by atoms with Gasteiger partial charge in [0.05, 0.1) is 5.71 Å². The molecule has 0 saturated heterocycles. The summed E-state index contributed by atoms with van der Waals surface area (Å²) in [6.07, 6.45) is 0. The maximum absolute atomic E-state index is 12.9. The maximum Gasteiger partial charge on any atom is 0.281 e. The number of thiophene rings is 1. The molecule has 0 atom stereocenters. The average molecular weight is 350 g/mol. The first-order valence-electron chi connectivity index (χ1n) is 7.84. The van der Waals surface area contributed by atoms with Crippen molar-refractivity contribution in [2.75, 3.05) is 0 Å². The van der Waals surface area contributed by atoms with Crippen LogP contribution in [0, 0.1) is 0 Å². The molecule has 0 radical (unpaired) electrons. The van der Waals surface area contributed by atoms with Crippen molar-refractivity contribution in [1.82, 2.24) is 5.43 Å². The van der Waals surface area contributed by atoms with Crippen molar-refractivity contribution in [3.05, 3.63) is 94.2 Å². The summed E-state index contributed by atoms with van der Waals surface area (Å²) in [5, 5.41) is 17.4. The van der Waals surface area contributed by atoms with Crippen LogP contribution in [0.3, 0.4) is 0 Å². The SMILES string of the molecule is C/C(=N\NC(=O)C(O)(c1ccccc1)c1ccccc1)c1cccs1. The Morgan fingerprint density at radius 3 is 2.00 bits per heavy atom. The Labute approximate surface area is 150 Å². The monoisotopic (exact) mass is 350 g/mol. The Morgan fingerprint density at radius 1 is 0.960 bits per heavy atom. The minimum Gasteiger partial charge on any atom is -0.372 e. The first-order chi connectivity index (χ1) is 12.1. The number of hydrogen-bond acceptors (Lipinski definition) is 4. The Bertz CT molecular complexity index is 820. The van der Waals surface area contributed by atoms with E-state index in [2.05, 4.69) is 10.5 Å². The summed E-state index contributed by atoms with van der Waals surface area (Å²) in [4.78, 5) is 13.8. The Kier molecular flexibility index (Phi) is 5.07. The van der Waals surface area contributed by atoms with Gasteiger partial charge in [-0.3, -0.25) is 4.79 Å². The Hall–Kier alpha value is -2.76. The zero-order valence-electron chi connectivity index (χ0n) is 13.7. The molecule has 0 saturated carbocycles. The molecule has 0 fully saturated rings. The third kappa shape index (κ3) is 3.52. The largest absolute Gasteiger partial charge is 0.372 e. The average Bonchev–Trinajstić information content (AvgIpc) is 3.21. The molecule has 0 unspecified atom stereocenters. The van der Waals surface area contributed by atoms with Gasteiger partial charge in [-0.05, 0) is 29.5 Å². The summed E-state index contributed by atoms with van der Waals surface area (Å²) in [5.74, 6) is -0.596. The quantitative estimate of drug-likeness (QED) is 0.546. The van der Waals surface area contributed by atoms with E-state index < -0.39 is 11.5 Å². The molecule has 3 rings (SSSR count). The van der Waals surface area contributed by atoms with Crippen molar-refractivity contribution in [2.24, 2.45) is 5.10 Å². The highest BCUT2D eigenvalue weighted by molar-refractivity contribution is 7.12. The molecule has 1 amide bonds. The lowest BCUT2D eigenvalue weighted by molar-refractivity contribution is -0.136. The third-order valence-corrected chi connectivity index (χ3v) is 4.89. The van der Waals surface area contributed by atoms with Gasteiger partial charge in [-0.2, -0.15) is 5.10 Å². The molecule has 0 spiro atoms. The predicted molar refractivity (Wildman–Crippen MR) is 101 cm³/mol. The molecule has 1 heterocycles. The molecule has 0 aliphatic rings. The van der Waals surface area contributed by atoms with E-state index in [-0.39, 0.29) is 0 Å². The van der Waals surface area contributed by atoms with E-state index in [4.69, 9.17) is 0 Å². The van der Waals surface area contributed by atoms with Crippen LogP contribution in [0.4, 0.5) is 0 Å². The molecule has 0 bridgehead atoms. The lowest BCUT2D eigenvalue weighted by Gasteiger charge is -2.27. The maximum atomic E-state index is 12.9. The molecular weight excluding hydrogens is 332 g/mol. The van der Waals surface area contributed by atoms with Gasteiger partial charge in [-0.1, -0.05) is 66.7 Å².